The molecule has 0 fully saturated rings. The summed E-state index contributed by atoms with van der Waals surface area (Å²) in [6.45, 7) is 2.31. The zero-order chi connectivity index (χ0) is 5.54. The Hall–Kier alpha value is 1.42. The molecule has 0 heterocycles. The van der Waals surface area contributed by atoms with Crippen molar-refractivity contribution in [3.05, 3.63) is 0 Å². The number of rotatable bonds is 4. The minimum absolute atomic E-state index is 1.16. The average molecular weight is 325 g/mol. The molecule has 0 aliphatic rings. The van der Waals surface area contributed by atoms with Crippen molar-refractivity contribution < 1.29 is 0 Å². The highest BCUT2D eigenvalue weighted by Gasteiger charge is 1.78. The van der Waals surface area contributed by atoms with E-state index < -0.39 is 0 Å². The molecule has 44 valence electrons. The Morgan fingerprint density at radius 3 is 1.71 bits per heavy atom. The summed E-state index contributed by atoms with van der Waals surface area (Å²) in [5, 5.41) is 3.27. The van der Waals surface area contributed by atoms with E-state index in [0.717, 1.165) is 13.1 Å². The van der Waals surface area contributed by atoms with Crippen molar-refractivity contribution >= 4 is 45.2 Å². The van der Waals surface area contributed by atoms with Gasteiger partial charge in [-0.1, -0.05) is 45.2 Å². The van der Waals surface area contributed by atoms with Crippen molar-refractivity contribution in [3.8, 4) is 0 Å². The van der Waals surface area contributed by atoms with E-state index in [9.17, 15) is 0 Å². The molecule has 0 amide bonds. The van der Waals surface area contributed by atoms with Crippen LogP contribution in [0.3, 0.4) is 0 Å². The maximum atomic E-state index is 3.27. The normalized spacial score (nSPS) is 9.43. The molecule has 0 spiro atoms. The van der Waals surface area contributed by atoms with Crippen molar-refractivity contribution in [3.63, 3.8) is 0 Å². The first kappa shape index (κ1) is 8.42. The van der Waals surface area contributed by atoms with Crippen LogP contribution in [0.15, 0.2) is 0 Å². The Balaban J connectivity index is 2.45. The van der Waals surface area contributed by atoms with Crippen molar-refractivity contribution in [2.24, 2.45) is 0 Å². The molecule has 0 aromatic carbocycles. The second-order valence-electron chi connectivity index (χ2n) is 1.13. The summed E-state index contributed by atoms with van der Waals surface area (Å²) in [5.74, 6) is 0. The summed E-state index contributed by atoms with van der Waals surface area (Å²) in [6, 6.07) is 0. The molecule has 0 saturated heterocycles. The molecule has 7 heavy (non-hydrogen) atoms. The first-order chi connectivity index (χ1) is 3.41. The Morgan fingerprint density at radius 2 is 1.43 bits per heavy atom. The van der Waals surface area contributed by atoms with E-state index in [1.807, 2.05) is 0 Å². The van der Waals surface area contributed by atoms with E-state index in [1.165, 1.54) is 8.86 Å². The third kappa shape index (κ3) is 7.42. The monoisotopic (exact) mass is 325 g/mol. The maximum Gasteiger partial charge on any atom is 0.0121 e. The quantitative estimate of drug-likeness (QED) is 0.469. The van der Waals surface area contributed by atoms with Crippen LogP contribution in [0.5, 0.6) is 0 Å². The molecule has 1 nitrogen and oxygen atoms in total. The van der Waals surface area contributed by atoms with Crippen molar-refractivity contribution in [2.75, 3.05) is 21.9 Å². The maximum absolute atomic E-state index is 3.27. The molecular formula is C4H9I2N. The number of hydrogen-bond acceptors (Lipinski definition) is 1. The van der Waals surface area contributed by atoms with Crippen LogP contribution in [0.4, 0.5) is 0 Å². The Morgan fingerprint density at radius 1 is 1.00 bits per heavy atom. The molecule has 0 bridgehead atoms. The van der Waals surface area contributed by atoms with Gasteiger partial charge in [0.15, 0.2) is 0 Å². The summed E-state index contributed by atoms with van der Waals surface area (Å²) < 4.78 is 2.43. The van der Waals surface area contributed by atoms with Gasteiger partial charge >= 0.3 is 0 Å². The number of hydrogen-bond donors (Lipinski definition) is 1. The van der Waals surface area contributed by atoms with Gasteiger partial charge in [0.05, 0.1) is 0 Å². The third-order valence-electron chi connectivity index (χ3n) is 0.543. The molecule has 1 N–H and O–H groups in total. The van der Waals surface area contributed by atoms with E-state index in [0.29, 0.717) is 0 Å². The first-order valence-corrected chi connectivity index (χ1v) is 5.29. The van der Waals surface area contributed by atoms with Gasteiger partial charge in [-0.3, -0.25) is 0 Å². The lowest BCUT2D eigenvalue weighted by molar-refractivity contribution is 0.785. The summed E-state index contributed by atoms with van der Waals surface area (Å²) in [4.78, 5) is 0. The van der Waals surface area contributed by atoms with Crippen LogP contribution in [-0.4, -0.2) is 21.9 Å². The van der Waals surface area contributed by atoms with Crippen LogP contribution in [-0.2, 0) is 0 Å². The molecular weight excluding hydrogens is 316 g/mol. The van der Waals surface area contributed by atoms with Gasteiger partial charge in [0.2, 0.25) is 0 Å². The highest BCUT2D eigenvalue weighted by molar-refractivity contribution is 14.1. The van der Waals surface area contributed by atoms with Crippen molar-refractivity contribution in [1.29, 1.82) is 0 Å². The lowest BCUT2D eigenvalue weighted by Crippen LogP contribution is -2.17. The van der Waals surface area contributed by atoms with Crippen molar-refractivity contribution in [2.45, 2.75) is 0 Å². The molecule has 0 aliphatic heterocycles. The molecule has 0 atom stereocenters. The highest BCUT2D eigenvalue weighted by Crippen LogP contribution is 1.78. The zero-order valence-electron chi connectivity index (χ0n) is 4.08. The SMILES string of the molecule is ICCNCCI. The predicted molar refractivity (Wildman–Crippen MR) is 50.6 cm³/mol. The molecule has 0 unspecified atom stereocenters. The van der Waals surface area contributed by atoms with Crippen LogP contribution in [0.1, 0.15) is 0 Å². The van der Waals surface area contributed by atoms with Gasteiger partial charge in [0.1, 0.15) is 0 Å². The number of nitrogens with one attached hydrogen (secondary N) is 1. The Kier molecular flexibility index (Phi) is 8.93. The van der Waals surface area contributed by atoms with Gasteiger partial charge in [0, 0.05) is 21.9 Å². The van der Waals surface area contributed by atoms with E-state index in [1.54, 1.807) is 0 Å². The van der Waals surface area contributed by atoms with Gasteiger partial charge < -0.3 is 5.32 Å². The van der Waals surface area contributed by atoms with Crippen LogP contribution in [0.2, 0.25) is 0 Å². The topological polar surface area (TPSA) is 12.0 Å². The van der Waals surface area contributed by atoms with E-state index in [4.69, 9.17) is 0 Å². The van der Waals surface area contributed by atoms with E-state index >= 15 is 0 Å². The van der Waals surface area contributed by atoms with Gasteiger partial charge in [0.25, 0.3) is 0 Å². The smallest absolute Gasteiger partial charge is 0.0121 e. The summed E-state index contributed by atoms with van der Waals surface area (Å²) in [6.07, 6.45) is 0. The Labute approximate surface area is 71.9 Å². The van der Waals surface area contributed by atoms with Crippen molar-refractivity contribution in [1.82, 2.24) is 5.32 Å². The summed E-state index contributed by atoms with van der Waals surface area (Å²) in [7, 11) is 0. The lowest BCUT2D eigenvalue weighted by atomic mass is 10.7. The number of alkyl halides is 2. The number of halogens is 2. The molecule has 3 heteroatoms. The third-order valence-corrected chi connectivity index (χ3v) is 1.62. The fraction of sp³-hybridized carbons (Fsp3) is 1.00. The highest BCUT2D eigenvalue weighted by atomic mass is 127. The largest absolute Gasteiger partial charge is 0.315 e. The summed E-state index contributed by atoms with van der Waals surface area (Å²) in [5.41, 5.74) is 0. The minimum Gasteiger partial charge on any atom is -0.315 e. The van der Waals surface area contributed by atoms with Gasteiger partial charge in [-0.25, -0.2) is 0 Å². The minimum atomic E-state index is 1.16. The molecule has 0 radical (unpaired) electrons. The average Bonchev–Trinajstić information content (AvgIpc) is 1.69. The predicted octanol–water partition coefficient (Wildman–Crippen LogP) is 1.45. The lowest BCUT2D eigenvalue weighted by Gasteiger charge is -1.94. The molecule has 0 saturated carbocycles. The van der Waals surface area contributed by atoms with Gasteiger partial charge in [-0.15, -0.1) is 0 Å². The molecule has 0 aliphatic carbocycles. The molecule has 0 aromatic rings. The van der Waals surface area contributed by atoms with Crippen LogP contribution < -0.4 is 5.32 Å². The second-order valence-corrected chi connectivity index (χ2v) is 3.29. The van der Waals surface area contributed by atoms with E-state index in [-0.39, 0.29) is 0 Å². The zero-order valence-corrected chi connectivity index (χ0v) is 8.40. The van der Waals surface area contributed by atoms with Gasteiger partial charge in [-0.05, 0) is 0 Å². The Bertz CT molecular complexity index is 28.9. The van der Waals surface area contributed by atoms with E-state index in [2.05, 4.69) is 50.5 Å². The molecule has 0 aromatic heterocycles. The first-order valence-electron chi connectivity index (χ1n) is 2.24. The standard InChI is InChI=1S/C4H9I2N/c5-1-3-7-4-2-6/h7H,1-4H2. The van der Waals surface area contributed by atoms with Gasteiger partial charge in [-0.2, -0.15) is 0 Å². The van der Waals surface area contributed by atoms with Crippen LogP contribution >= 0.6 is 45.2 Å². The fourth-order valence-corrected chi connectivity index (χ4v) is 1.02. The summed E-state index contributed by atoms with van der Waals surface area (Å²) >= 11 is 4.72. The van der Waals surface area contributed by atoms with Crippen LogP contribution in [0.25, 0.3) is 0 Å². The fourth-order valence-electron chi connectivity index (χ4n) is 0.259. The molecule has 0 rings (SSSR count). The van der Waals surface area contributed by atoms with Crippen LogP contribution in [0, 0.1) is 0 Å². The second kappa shape index (κ2) is 7.42.